The summed E-state index contributed by atoms with van der Waals surface area (Å²) in [6.45, 7) is -0.561. The highest BCUT2D eigenvalue weighted by atomic mass is 32.2. The van der Waals surface area contributed by atoms with Crippen LogP contribution in [0.15, 0.2) is 11.0 Å². The Kier molecular flexibility index (Phi) is 4.04. The van der Waals surface area contributed by atoms with Gasteiger partial charge in [0.1, 0.15) is 17.5 Å². The summed E-state index contributed by atoms with van der Waals surface area (Å²) in [5, 5.41) is 17.5. The Morgan fingerprint density at radius 3 is 2.89 bits per heavy atom. The second-order valence-electron chi connectivity index (χ2n) is 3.96. The number of ether oxygens (including phenoxy) is 1. The summed E-state index contributed by atoms with van der Waals surface area (Å²) < 4.78 is 32.0. The number of nitrogens with zero attached hydrogens (tertiary/aromatic N) is 2. The van der Waals surface area contributed by atoms with Crippen LogP contribution in [0.25, 0.3) is 0 Å². The van der Waals surface area contributed by atoms with E-state index >= 15 is 0 Å². The molecule has 2 rings (SSSR count). The molecule has 0 aliphatic carbocycles. The molecule has 106 valence electrons. The molecule has 1 aromatic heterocycles. The van der Waals surface area contributed by atoms with Crippen LogP contribution in [0.3, 0.4) is 0 Å². The molecule has 0 aromatic carbocycles. The van der Waals surface area contributed by atoms with Crippen molar-refractivity contribution < 1.29 is 23.2 Å². The van der Waals surface area contributed by atoms with E-state index in [1.807, 2.05) is 0 Å². The van der Waals surface area contributed by atoms with Crippen LogP contribution in [0.1, 0.15) is 6.23 Å². The first kappa shape index (κ1) is 14.2. The highest BCUT2D eigenvalue weighted by Crippen LogP contribution is 2.37. The quantitative estimate of drug-likeness (QED) is 0.669. The summed E-state index contributed by atoms with van der Waals surface area (Å²) in [5.41, 5.74) is 4.19. The van der Waals surface area contributed by atoms with Gasteiger partial charge in [0, 0.05) is 0 Å². The van der Waals surface area contributed by atoms with Crippen molar-refractivity contribution in [1.29, 1.82) is 0 Å². The van der Waals surface area contributed by atoms with Crippen molar-refractivity contribution in [3.63, 3.8) is 0 Å². The van der Waals surface area contributed by atoms with Gasteiger partial charge in [0.25, 0.3) is 0 Å². The second-order valence-corrected chi connectivity index (χ2v) is 4.68. The molecule has 1 saturated heterocycles. The molecule has 0 radical (unpaired) electrons. The molecule has 1 aliphatic heterocycles. The molecule has 4 N–H and O–H groups in total. The van der Waals surface area contributed by atoms with Gasteiger partial charge in [0.05, 0.1) is 25.0 Å². The van der Waals surface area contributed by atoms with E-state index in [1.165, 1.54) is 0 Å². The van der Waals surface area contributed by atoms with Crippen LogP contribution < -0.4 is 11.4 Å². The summed E-state index contributed by atoms with van der Waals surface area (Å²) in [5.74, 6) is -1.55. The molecular weight excluding hydrogens is 284 g/mol. The zero-order valence-corrected chi connectivity index (χ0v) is 10.3. The van der Waals surface area contributed by atoms with Crippen molar-refractivity contribution in [2.75, 3.05) is 12.3 Å². The SMILES string of the molecule is Nc1nc(=O)n(C2OC(CO)C(O)C2SF)cc1F. The monoisotopic (exact) mass is 295 g/mol. The summed E-state index contributed by atoms with van der Waals surface area (Å²) in [4.78, 5) is 14.8. The number of aliphatic hydroxyl groups is 2. The van der Waals surface area contributed by atoms with Crippen LogP contribution in [0.2, 0.25) is 0 Å². The van der Waals surface area contributed by atoms with Crippen LogP contribution in [-0.4, -0.2) is 43.8 Å². The first-order chi connectivity index (χ1) is 8.99. The molecular formula is C9H11F2N3O4S. The molecule has 1 aromatic rings. The lowest BCUT2D eigenvalue weighted by Crippen LogP contribution is -2.34. The van der Waals surface area contributed by atoms with E-state index in [0.717, 1.165) is 6.20 Å². The van der Waals surface area contributed by atoms with Gasteiger partial charge in [-0.2, -0.15) is 8.87 Å². The molecule has 0 amide bonds. The van der Waals surface area contributed by atoms with Crippen LogP contribution in [0, 0.1) is 5.82 Å². The number of hydrogen-bond donors (Lipinski definition) is 3. The highest BCUT2D eigenvalue weighted by Gasteiger charge is 2.46. The fourth-order valence-electron chi connectivity index (χ4n) is 1.83. The van der Waals surface area contributed by atoms with Gasteiger partial charge in [-0.05, 0) is 0 Å². The molecule has 2 heterocycles. The van der Waals surface area contributed by atoms with E-state index in [9.17, 15) is 18.2 Å². The minimum Gasteiger partial charge on any atom is -0.394 e. The zero-order chi connectivity index (χ0) is 14.2. The summed E-state index contributed by atoms with van der Waals surface area (Å²) in [6, 6.07) is 0. The Labute approximate surface area is 110 Å². The smallest absolute Gasteiger partial charge is 0.351 e. The van der Waals surface area contributed by atoms with Crippen LogP contribution >= 0.6 is 12.1 Å². The Morgan fingerprint density at radius 1 is 1.63 bits per heavy atom. The number of aromatic nitrogens is 2. The average molecular weight is 295 g/mol. The summed E-state index contributed by atoms with van der Waals surface area (Å²) in [7, 11) is 0. The third-order valence-electron chi connectivity index (χ3n) is 2.80. The number of anilines is 1. The average Bonchev–Trinajstić information content (AvgIpc) is 2.70. The Balaban J connectivity index is 2.41. The molecule has 7 nitrogen and oxygen atoms in total. The summed E-state index contributed by atoms with van der Waals surface area (Å²) in [6.07, 6.45) is -2.95. The Bertz CT molecular complexity index is 529. The van der Waals surface area contributed by atoms with E-state index in [0.29, 0.717) is 4.57 Å². The maximum absolute atomic E-state index is 13.3. The fraction of sp³-hybridized carbons (Fsp3) is 0.556. The predicted molar refractivity (Wildman–Crippen MR) is 62.4 cm³/mol. The molecule has 0 bridgehead atoms. The predicted octanol–water partition coefficient (Wildman–Crippen LogP) is -0.798. The lowest BCUT2D eigenvalue weighted by Gasteiger charge is -2.18. The maximum atomic E-state index is 13.3. The zero-order valence-electron chi connectivity index (χ0n) is 9.44. The Hall–Kier alpha value is -1.23. The first-order valence-electron chi connectivity index (χ1n) is 5.25. The van der Waals surface area contributed by atoms with Gasteiger partial charge in [-0.25, -0.2) is 9.18 Å². The van der Waals surface area contributed by atoms with Crippen molar-refractivity contribution >= 4 is 18.0 Å². The number of rotatable bonds is 3. The van der Waals surface area contributed by atoms with E-state index in [-0.39, 0.29) is 12.1 Å². The topological polar surface area (TPSA) is 111 Å². The second kappa shape index (κ2) is 5.41. The number of halogens is 2. The molecule has 4 unspecified atom stereocenters. The molecule has 10 heteroatoms. The number of nitrogen functional groups attached to an aromatic ring is 1. The van der Waals surface area contributed by atoms with Crippen molar-refractivity contribution in [3.8, 4) is 0 Å². The third-order valence-corrected chi connectivity index (χ3v) is 3.52. The fourth-order valence-corrected chi connectivity index (χ4v) is 2.39. The van der Waals surface area contributed by atoms with Gasteiger partial charge in [0.15, 0.2) is 17.9 Å². The van der Waals surface area contributed by atoms with Gasteiger partial charge in [-0.15, -0.1) is 0 Å². The van der Waals surface area contributed by atoms with Crippen molar-refractivity contribution in [3.05, 3.63) is 22.5 Å². The highest BCUT2D eigenvalue weighted by molar-refractivity contribution is 7.95. The first-order valence-corrected chi connectivity index (χ1v) is 6.03. The van der Waals surface area contributed by atoms with Gasteiger partial charge >= 0.3 is 5.69 Å². The van der Waals surface area contributed by atoms with Crippen molar-refractivity contribution in [2.24, 2.45) is 0 Å². The maximum Gasteiger partial charge on any atom is 0.351 e. The van der Waals surface area contributed by atoms with Crippen molar-refractivity contribution in [1.82, 2.24) is 9.55 Å². The molecule has 0 saturated carbocycles. The van der Waals surface area contributed by atoms with Crippen LogP contribution in [-0.2, 0) is 4.74 Å². The number of aliphatic hydroxyl groups excluding tert-OH is 2. The number of hydrogen-bond acceptors (Lipinski definition) is 7. The van der Waals surface area contributed by atoms with Gasteiger partial charge in [-0.1, -0.05) is 0 Å². The van der Waals surface area contributed by atoms with Gasteiger partial charge in [0.2, 0.25) is 0 Å². The van der Waals surface area contributed by atoms with E-state index < -0.39 is 47.6 Å². The van der Waals surface area contributed by atoms with Gasteiger partial charge in [-0.3, -0.25) is 4.57 Å². The minimum absolute atomic E-state index is 0.246. The lowest BCUT2D eigenvalue weighted by molar-refractivity contribution is -0.0459. The van der Waals surface area contributed by atoms with Crippen LogP contribution in [0.5, 0.6) is 0 Å². The largest absolute Gasteiger partial charge is 0.394 e. The normalized spacial score (nSPS) is 30.7. The minimum atomic E-state index is -1.34. The van der Waals surface area contributed by atoms with Crippen LogP contribution in [0.4, 0.5) is 14.1 Å². The van der Waals surface area contributed by atoms with E-state index in [1.54, 1.807) is 0 Å². The molecule has 19 heavy (non-hydrogen) atoms. The molecule has 1 fully saturated rings. The number of nitrogens with two attached hydrogens (primary N) is 1. The van der Waals surface area contributed by atoms with Gasteiger partial charge < -0.3 is 20.7 Å². The summed E-state index contributed by atoms with van der Waals surface area (Å²) >= 11 is -0.246. The third kappa shape index (κ3) is 2.43. The van der Waals surface area contributed by atoms with E-state index in [2.05, 4.69) is 4.98 Å². The molecule has 1 aliphatic rings. The molecule has 4 atom stereocenters. The van der Waals surface area contributed by atoms with Crippen molar-refractivity contribution in [2.45, 2.75) is 23.7 Å². The standard InChI is InChI=1S/C9H11F2N3O4S/c10-3-1-14(9(17)13-7(3)12)8-6(19-11)5(16)4(2-15)18-8/h1,4-6,8,15-16H,2H2,(H2,12,13,17). The lowest BCUT2D eigenvalue weighted by atomic mass is 10.2. The Morgan fingerprint density at radius 2 is 2.32 bits per heavy atom. The van der Waals surface area contributed by atoms with E-state index in [4.69, 9.17) is 15.6 Å². The molecule has 0 spiro atoms.